The molecule has 1 aromatic carbocycles. The Morgan fingerprint density at radius 3 is 3.09 bits per heavy atom. The fourth-order valence-electron chi connectivity index (χ4n) is 3.62. The number of aryl methyl sites for hydroxylation is 1. The summed E-state index contributed by atoms with van der Waals surface area (Å²) in [4.78, 5) is 2.47. The molecule has 0 radical (unpaired) electrons. The van der Waals surface area contributed by atoms with Crippen LogP contribution < -0.4 is 0 Å². The third kappa shape index (κ3) is 2.75. The SMILES string of the molecule is Cn1nc(CN2CCCC(c3ccn[nH]3)C2)c2c(Cl)cccc21. The van der Waals surface area contributed by atoms with E-state index in [-0.39, 0.29) is 0 Å². The largest absolute Gasteiger partial charge is 0.297 e. The molecule has 1 fully saturated rings. The average molecular weight is 330 g/mol. The van der Waals surface area contributed by atoms with Crippen LogP contribution in [0.1, 0.15) is 30.1 Å². The number of nitrogens with one attached hydrogen (secondary N) is 1. The summed E-state index contributed by atoms with van der Waals surface area (Å²) in [5.74, 6) is 0.525. The maximum Gasteiger partial charge on any atom is 0.0858 e. The summed E-state index contributed by atoms with van der Waals surface area (Å²) >= 11 is 6.42. The molecule has 1 aliphatic heterocycles. The predicted molar refractivity (Wildman–Crippen MR) is 91.6 cm³/mol. The van der Waals surface area contributed by atoms with E-state index in [1.807, 2.05) is 30.1 Å². The molecule has 1 N–H and O–H groups in total. The summed E-state index contributed by atoms with van der Waals surface area (Å²) in [5.41, 5.74) is 3.39. The average Bonchev–Trinajstić information content (AvgIpc) is 3.18. The van der Waals surface area contributed by atoms with Crippen molar-refractivity contribution in [3.05, 3.63) is 46.9 Å². The van der Waals surface area contributed by atoms with E-state index in [9.17, 15) is 0 Å². The Labute approximate surface area is 140 Å². The van der Waals surface area contributed by atoms with Crippen LogP contribution in [0, 0.1) is 0 Å². The molecular weight excluding hydrogens is 310 g/mol. The normalized spacial score (nSPS) is 19.5. The van der Waals surface area contributed by atoms with Crippen LogP contribution in [0.15, 0.2) is 30.5 Å². The van der Waals surface area contributed by atoms with Crippen molar-refractivity contribution in [3.8, 4) is 0 Å². The highest BCUT2D eigenvalue weighted by Crippen LogP contribution is 2.30. The molecule has 6 heteroatoms. The lowest BCUT2D eigenvalue weighted by Gasteiger charge is -2.31. The van der Waals surface area contributed by atoms with E-state index in [4.69, 9.17) is 16.7 Å². The molecule has 3 aromatic rings. The summed E-state index contributed by atoms with van der Waals surface area (Å²) in [7, 11) is 1.98. The van der Waals surface area contributed by atoms with Crippen molar-refractivity contribution in [2.24, 2.45) is 7.05 Å². The first kappa shape index (κ1) is 14.7. The quantitative estimate of drug-likeness (QED) is 0.802. The van der Waals surface area contributed by atoms with Gasteiger partial charge >= 0.3 is 0 Å². The minimum absolute atomic E-state index is 0.525. The Morgan fingerprint density at radius 1 is 1.35 bits per heavy atom. The molecule has 23 heavy (non-hydrogen) atoms. The third-order valence-corrected chi connectivity index (χ3v) is 5.06. The number of nitrogens with zero attached hydrogens (tertiary/aromatic N) is 4. The van der Waals surface area contributed by atoms with E-state index in [0.29, 0.717) is 5.92 Å². The van der Waals surface area contributed by atoms with Crippen molar-refractivity contribution in [2.45, 2.75) is 25.3 Å². The fourth-order valence-corrected chi connectivity index (χ4v) is 3.90. The first-order chi connectivity index (χ1) is 11.2. The van der Waals surface area contributed by atoms with E-state index < -0.39 is 0 Å². The molecule has 0 spiro atoms. The number of piperidine rings is 1. The van der Waals surface area contributed by atoms with Gasteiger partial charge in [0.1, 0.15) is 0 Å². The van der Waals surface area contributed by atoms with Crippen molar-refractivity contribution in [1.29, 1.82) is 0 Å². The van der Waals surface area contributed by atoms with Gasteiger partial charge in [-0.25, -0.2) is 0 Å². The molecule has 1 unspecified atom stereocenters. The highest BCUT2D eigenvalue weighted by atomic mass is 35.5. The van der Waals surface area contributed by atoms with Gasteiger partial charge in [-0.2, -0.15) is 10.2 Å². The van der Waals surface area contributed by atoms with Crippen LogP contribution in [0.3, 0.4) is 0 Å². The second-order valence-corrected chi connectivity index (χ2v) is 6.70. The molecule has 1 atom stereocenters. The van der Waals surface area contributed by atoms with Crippen LogP contribution in [-0.2, 0) is 13.6 Å². The van der Waals surface area contributed by atoms with Gasteiger partial charge in [-0.15, -0.1) is 0 Å². The number of H-pyrrole nitrogens is 1. The number of rotatable bonds is 3. The molecule has 5 nitrogen and oxygen atoms in total. The summed E-state index contributed by atoms with van der Waals surface area (Å²) in [6.45, 7) is 2.98. The fraction of sp³-hybridized carbons (Fsp3) is 0.412. The predicted octanol–water partition coefficient (Wildman–Crippen LogP) is 3.33. The number of hydrogen-bond donors (Lipinski definition) is 1. The van der Waals surface area contributed by atoms with Crippen molar-refractivity contribution in [3.63, 3.8) is 0 Å². The van der Waals surface area contributed by atoms with E-state index in [0.717, 1.165) is 41.3 Å². The van der Waals surface area contributed by atoms with Gasteiger partial charge in [-0.1, -0.05) is 17.7 Å². The summed E-state index contributed by atoms with van der Waals surface area (Å²) in [5, 5.41) is 13.8. The maximum absolute atomic E-state index is 6.42. The van der Waals surface area contributed by atoms with Gasteiger partial charge in [0.25, 0.3) is 0 Å². The van der Waals surface area contributed by atoms with Crippen LogP contribution in [0.4, 0.5) is 0 Å². The van der Waals surface area contributed by atoms with Gasteiger partial charge in [0, 0.05) is 43.3 Å². The number of halogens is 1. The zero-order valence-corrected chi connectivity index (χ0v) is 13.9. The topological polar surface area (TPSA) is 49.7 Å². The van der Waals surface area contributed by atoms with Crippen molar-refractivity contribution < 1.29 is 0 Å². The van der Waals surface area contributed by atoms with Gasteiger partial charge < -0.3 is 0 Å². The molecule has 0 amide bonds. The summed E-state index contributed by atoms with van der Waals surface area (Å²) in [6.07, 6.45) is 4.24. The van der Waals surface area contributed by atoms with E-state index >= 15 is 0 Å². The highest BCUT2D eigenvalue weighted by molar-refractivity contribution is 6.35. The number of aromatic amines is 1. The number of likely N-dealkylation sites (tertiary alicyclic amines) is 1. The van der Waals surface area contributed by atoms with Crippen molar-refractivity contribution >= 4 is 22.5 Å². The molecule has 1 saturated heterocycles. The molecule has 1 aliphatic rings. The molecule has 3 heterocycles. The number of benzene rings is 1. The third-order valence-electron chi connectivity index (χ3n) is 4.74. The molecule has 0 saturated carbocycles. The van der Waals surface area contributed by atoms with E-state index in [1.165, 1.54) is 18.5 Å². The zero-order chi connectivity index (χ0) is 15.8. The lowest BCUT2D eigenvalue weighted by atomic mass is 9.95. The van der Waals surface area contributed by atoms with E-state index in [1.54, 1.807) is 0 Å². The Kier molecular flexibility index (Phi) is 3.83. The summed E-state index contributed by atoms with van der Waals surface area (Å²) in [6, 6.07) is 8.08. The van der Waals surface area contributed by atoms with E-state index in [2.05, 4.69) is 27.2 Å². The number of fused-ring (bicyclic) bond motifs is 1. The Bertz CT molecular complexity index is 808. The molecule has 120 valence electrons. The van der Waals surface area contributed by atoms with Crippen LogP contribution in [0.2, 0.25) is 5.02 Å². The van der Waals surface area contributed by atoms with Gasteiger partial charge in [0.05, 0.1) is 16.2 Å². The molecule has 2 aromatic heterocycles. The second kappa shape index (κ2) is 5.98. The highest BCUT2D eigenvalue weighted by Gasteiger charge is 2.24. The molecular formula is C17H20ClN5. The standard InChI is InChI=1S/C17H20ClN5/c1-22-16-6-2-5-13(18)17(16)15(21-22)11-23-9-3-4-12(10-23)14-7-8-19-20-14/h2,5-8,12H,3-4,9-11H2,1H3,(H,19,20). The number of hydrogen-bond acceptors (Lipinski definition) is 3. The first-order valence-electron chi connectivity index (χ1n) is 8.04. The van der Waals surface area contributed by atoms with Gasteiger partial charge in [0.2, 0.25) is 0 Å². The second-order valence-electron chi connectivity index (χ2n) is 6.29. The van der Waals surface area contributed by atoms with Crippen molar-refractivity contribution in [1.82, 2.24) is 24.9 Å². The van der Waals surface area contributed by atoms with Crippen LogP contribution in [0.5, 0.6) is 0 Å². The lowest BCUT2D eigenvalue weighted by molar-refractivity contribution is 0.196. The van der Waals surface area contributed by atoms with Gasteiger partial charge in [-0.05, 0) is 37.6 Å². The lowest BCUT2D eigenvalue weighted by Crippen LogP contribution is -2.34. The van der Waals surface area contributed by atoms with Crippen LogP contribution >= 0.6 is 11.6 Å². The van der Waals surface area contributed by atoms with Crippen LogP contribution in [0.25, 0.3) is 10.9 Å². The smallest absolute Gasteiger partial charge is 0.0858 e. The first-order valence-corrected chi connectivity index (χ1v) is 8.42. The monoisotopic (exact) mass is 329 g/mol. The maximum atomic E-state index is 6.42. The Morgan fingerprint density at radius 2 is 2.26 bits per heavy atom. The zero-order valence-electron chi connectivity index (χ0n) is 13.2. The molecule has 0 aliphatic carbocycles. The number of aromatic nitrogens is 4. The van der Waals surface area contributed by atoms with Crippen LogP contribution in [-0.4, -0.2) is 38.0 Å². The minimum atomic E-state index is 0.525. The van der Waals surface area contributed by atoms with Gasteiger partial charge in [0.15, 0.2) is 0 Å². The molecule has 4 rings (SSSR count). The Balaban J connectivity index is 1.58. The molecule has 0 bridgehead atoms. The van der Waals surface area contributed by atoms with Gasteiger partial charge in [-0.3, -0.25) is 14.7 Å². The minimum Gasteiger partial charge on any atom is -0.297 e. The Hall–Kier alpha value is -1.85. The van der Waals surface area contributed by atoms with Crippen molar-refractivity contribution in [2.75, 3.05) is 13.1 Å². The summed E-state index contributed by atoms with van der Waals surface area (Å²) < 4.78 is 1.92.